The van der Waals surface area contributed by atoms with E-state index in [0.717, 1.165) is 12.4 Å². The third-order valence-electron chi connectivity index (χ3n) is 3.34. The van der Waals surface area contributed by atoms with E-state index in [1.165, 1.54) is 0 Å². The summed E-state index contributed by atoms with van der Waals surface area (Å²) in [6.07, 6.45) is 1.62. The number of nitrogens with one attached hydrogen (secondary N) is 3. The maximum atomic E-state index is 11.9. The van der Waals surface area contributed by atoms with Gasteiger partial charge in [0.15, 0.2) is 0 Å². The molecule has 2 amide bonds. The van der Waals surface area contributed by atoms with Gasteiger partial charge in [-0.1, -0.05) is 6.92 Å². The summed E-state index contributed by atoms with van der Waals surface area (Å²) in [6.45, 7) is 4.17. The fraction of sp³-hybridized carbons (Fsp3) is 0.500. The Morgan fingerprint density at radius 3 is 2.74 bits per heavy atom. The van der Waals surface area contributed by atoms with Crippen LogP contribution in [-0.4, -0.2) is 50.0 Å². The van der Waals surface area contributed by atoms with Gasteiger partial charge in [0, 0.05) is 25.6 Å². The zero-order chi connectivity index (χ0) is 15.2. The summed E-state index contributed by atoms with van der Waals surface area (Å²) in [5.41, 5.74) is 0.660. The Morgan fingerprint density at radius 2 is 2.17 bits per heavy atom. The minimum absolute atomic E-state index is 0. The normalized spacial score (nSPS) is 14.9. The molecular weight excluding hydrogens is 341 g/mol. The van der Waals surface area contributed by atoms with Crippen LogP contribution in [0.15, 0.2) is 18.3 Å². The lowest BCUT2D eigenvalue weighted by molar-refractivity contribution is -0.120. The lowest BCUT2D eigenvalue weighted by Gasteiger charge is -2.27. The lowest BCUT2D eigenvalue weighted by atomic mass is 10.1. The van der Waals surface area contributed by atoms with Gasteiger partial charge in [-0.3, -0.25) is 9.59 Å². The lowest BCUT2D eigenvalue weighted by Crippen LogP contribution is -2.48. The van der Waals surface area contributed by atoms with Gasteiger partial charge < -0.3 is 20.9 Å². The van der Waals surface area contributed by atoms with Gasteiger partial charge in [0.25, 0.3) is 0 Å². The van der Waals surface area contributed by atoms with Gasteiger partial charge in [0.1, 0.15) is 5.82 Å². The summed E-state index contributed by atoms with van der Waals surface area (Å²) in [5, 5.41) is 8.57. The molecule has 1 fully saturated rings. The summed E-state index contributed by atoms with van der Waals surface area (Å²) in [5.74, 6) is 0.587. The van der Waals surface area contributed by atoms with Crippen molar-refractivity contribution >= 4 is 48.1 Å². The first-order valence-corrected chi connectivity index (χ1v) is 7.03. The van der Waals surface area contributed by atoms with Crippen LogP contribution in [0.25, 0.3) is 0 Å². The second-order valence-corrected chi connectivity index (χ2v) is 5.12. The number of hydrogen-bond donors (Lipinski definition) is 3. The van der Waals surface area contributed by atoms with Crippen LogP contribution in [-0.2, 0) is 9.59 Å². The Labute approximate surface area is 148 Å². The molecule has 2 heterocycles. The number of carbonyl (C=O) groups is 2. The molecule has 130 valence electrons. The van der Waals surface area contributed by atoms with E-state index in [9.17, 15) is 9.59 Å². The van der Waals surface area contributed by atoms with E-state index in [1.807, 2.05) is 24.9 Å². The van der Waals surface area contributed by atoms with Gasteiger partial charge in [-0.15, -0.1) is 24.8 Å². The number of rotatable bonds is 5. The zero-order valence-corrected chi connectivity index (χ0v) is 14.8. The molecule has 0 saturated carbocycles. The number of piperazine rings is 1. The second-order valence-electron chi connectivity index (χ2n) is 5.12. The first-order chi connectivity index (χ1) is 10.1. The van der Waals surface area contributed by atoms with Crippen molar-refractivity contribution in [3.8, 4) is 0 Å². The molecule has 0 spiro atoms. The van der Waals surface area contributed by atoms with E-state index in [4.69, 9.17) is 0 Å². The minimum atomic E-state index is -0.111. The monoisotopic (exact) mass is 363 g/mol. The quantitative estimate of drug-likeness (QED) is 0.715. The van der Waals surface area contributed by atoms with Crippen molar-refractivity contribution in [2.75, 3.05) is 43.4 Å². The highest BCUT2D eigenvalue weighted by atomic mass is 35.5. The van der Waals surface area contributed by atoms with E-state index in [1.54, 1.807) is 12.3 Å². The third-order valence-corrected chi connectivity index (χ3v) is 3.34. The molecule has 9 heteroatoms. The highest BCUT2D eigenvalue weighted by Gasteiger charge is 2.17. The molecule has 7 nitrogen and oxygen atoms in total. The number of carbonyl (C=O) groups excluding carboxylic acids is 2. The van der Waals surface area contributed by atoms with Crippen molar-refractivity contribution in [2.45, 2.75) is 6.92 Å². The summed E-state index contributed by atoms with van der Waals surface area (Å²) in [7, 11) is 1.81. The summed E-state index contributed by atoms with van der Waals surface area (Å²) in [4.78, 5) is 29.5. The second kappa shape index (κ2) is 10.3. The Morgan fingerprint density at radius 1 is 1.43 bits per heavy atom. The van der Waals surface area contributed by atoms with Crippen molar-refractivity contribution in [3.05, 3.63) is 18.3 Å². The maximum absolute atomic E-state index is 11.9. The van der Waals surface area contributed by atoms with Crippen LogP contribution >= 0.6 is 24.8 Å². The van der Waals surface area contributed by atoms with Crippen molar-refractivity contribution in [1.29, 1.82) is 0 Å². The molecule has 1 atom stereocenters. The summed E-state index contributed by atoms with van der Waals surface area (Å²) >= 11 is 0. The van der Waals surface area contributed by atoms with Gasteiger partial charge in [-0.2, -0.15) is 0 Å². The first kappa shape index (κ1) is 21.4. The van der Waals surface area contributed by atoms with Crippen LogP contribution < -0.4 is 20.9 Å². The van der Waals surface area contributed by atoms with E-state index >= 15 is 0 Å². The molecule has 0 bridgehead atoms. The van der Waals surface area contributed by atoms with Crippen molar-refractivity contribution in [2.24, 2.45) is 5.92 Å². The number of halogens is 2. The topological polar surface area (TPSA) is 86.4 Å². The molecule has 0 radical (unpaired) electrons. The van der Waals surface area contributed by atoms with Crippen LogP contribution in [0.3, 0.4) is 0 Å². The van der Waals surface area contributed by atoms with Crippen molar-refractivity contribution in [3.63, 3.8) is 0 Å². The highest BCUT2D eigenvalue weighted by Crippen LogP contribution is 2.15. The Bertz CT molecular complexity index is 512. The SMILES string of the molecule is CNCC(C)C(=O)Nc1ccc(N2CCNC(=O)C2)nc1.Cl.Cl. The molecule has 1 aliphatic heterocycles. The van der Waals surface area contributed by atoms with E-state index in [0.29, 0.717) is 25.3 Å². The molecular formula is C14H23Cl2N5O2. The molecule has 23 heavy (non-hydrogen) atoms. The number of pyridine rings is 1. The molecule has 0 aromatic carbocycles. The van der Waals surface area contributed by atoms with Crippen LogP contribution in [0, 0.1) is 5.92 Å². The van der Waals surface area contributed by atoms with E-state index < -0.39 is 0 Å². The number of nitrogens with zero attached hydrogens (tertiary/aromatic N) is 2. The maximum Gasteiger partial charge on any atom is 0.239 e. The predicted octanol–water partition coefficient (Wildman–Crippen LogP) is 0.655. The Hall–Kier alpha value is -1.57. The van der Waals surface area contributed by atoms with Crippen LogP contribution in [0.4, 0.5) is 11.5 Å². The largest absolute Gasteiger partial charge is 0.353 e. The van der Waals surface area contributed by atoms with E-state index in [2.05, 4.69) is 20.9 Å². The molecule has 1 saturated heterocycles. The summed E-state index contributed by atoms with van der Waals surface area (Å²) in [6, 6.07) is 3.62. The Kier molecular flexibility index (Phi) is 9.55. The molecule has 0 aliphatic carbocycles. The molecule has 1 aliphatic rings. The molecule has 2 rings (SSSR count). The van der Waals surface area contributed by atoms with E-state index in [-0.39, 0.29) is 42.5 Å². The first-order valence-electron chi connectivity index (χ1n) is 7.03. The molecule has 3 N–H and O–H groups in total. The van der Waals surface area contributed by atoms with Gasteiger partial charge in [-0.05, 0) is 19.2 Å². The number of aromatic nitrogens is 1. The van der Waals surface area contributed by atoms with Crippen molar-refractivity contribution < 1.29 is 9.59 Å². The third kappa shape index (κ3) is 6.21. The molecule has 1 unspecified atom stereocenters. The standard InChI is InChI=1S/C14H21N5O2.2ClH/c1-10(7-15-2)14(21)18-11-3-4-12(17-8-11)19-6-5-16-13(20)9-19;;/h3-4,8,10,15H,5-7,9H2,1-2H3,(H,16,20)(H,18,21);2*1H. The smallest absolute Gasteiger partial charge is 0.239 e. The Balaban J connectivity index is 0.00000242. The number of amides is 2. The fourth-order valence-electron chi connectivity index (χ4n) is 2.15. The van der Waals surface area contributed by atoms with Gasteiger partial charge in [0.2, 0.25) is 11.8 Å². The van der Waals surface area contributed by atoms with Gasteiger partial charge >= 0.3 is 0 Å². The minimum Gasteiger partial charge on any atom is -0.353 e. The average molecular weight is 364 g/mol. The predicted molar refractivity (Wildman–Crippen MR) is 95.7 cm³/mol. The highest BCUT2D eigenvalue weighted by molar-refractivity contribution is 5.92. The van der Waals surface area contributed by atoms with Crippen molar-refractivity contribution in [1.82, 2.24) is 15.6 Å². The number of hydrogen-bond acceptors (Lipinski definition) is 5. The van der Waals surface area contributed by atoms with Gasteiger partial charge in [0.05, 0.1) is 18.4 Å². The average Bonchev–Trinajstić information content (AvgIpc) is 2.48. The molecule has 1 aromatic rings. The van der Waals surface area contributed by atoms with Gasteiger partial charge in [-0.25, -0.2) is 4.98 Å². The van der Waals surface area contributed by atoms with Crippen LogP contribution in [0.1, 0.15) is 6.92 Å². The summed E-state index contributed by atoms with van der Waals surface area (Å²) < 4.78 is 0. The fourth-order valence-corrected chi connectivity index (χ4v) is 2.15. The molecule has 1 aromatic heterocycles. The zero-order valence-electron chi connectivity index (χ0n) is 13.2. The number of anilines is 2. The van der Waals surface area contributed by atoms with Crippen LogP contribution in [0.5, 0.6) is 0 Å². The van der Waals surface area contributed by atoms with Crippen LogP contribution in [0.2, 0.25) is 0 Å².